The van der Waals surface area contributed by atoms with E-state index in [9.17, 15) is 9.59 Å². The molecule has 0 saturated heterocycles. The molecule has 1 N–H and O–H groups in total. The van der Waals surface area contributed by atoms with Crippen LogP contribution in [0.3, 0.4) is 0 Å². The molecular weight excluding hydrogens is 214 g/mol. The quantitative estimate of drug-likeness (QED) is 0.680. The maximum atomic E-state index is 11.5. The van der Waals surface area contributed by atoms with Crippen LogP contribution in [0.5, 0.6) is 0 Å². The molecule has 0 unspecified atom stereocenters. The third-order valence-electron chi connectivity index (χ3n) is 1.50. The molecule has 0 heterocycles. The van der Waals surface area contributed by atoms with Gasteiger partial charge < -0.3 is 10.0 Å². The molecule has 0 fully saturated rings. The first-order valence-corrected chi connectivity index (χ1v) is 5.57. The van der Waals surface area contributed by atoms with E-state index in [-0.39, 0.29) is 24.7 Å². The second kappa shape index (κ2) is 7.18. The number of hydrogen-bond donors (Lipinski definition) is 1. The first kappa shape index (κ1) is 13.8. The molecule has 0 bridgehead atoms. The summed E-state index contributed by atoms with van der Waals surface area (Å²) in [4.78, 5) is 23.1. The molecular formula is C10H15NO3S. The van der Waals surface area contributed by atoms with Crippen LogP contribution in [0.4, 0.5) is 0 Å². The molecule has 0 spiro atoms. The van der Waals surface area contributed by atoms with Crippen molar-refractivity contribution < 1.29 is 14.7 Å². The molecule has 0 aromatic carbocycles. The van der Waals surface area contributed by atoms with E-state index in [1.807, 2.05) is 13.8 Å². The van der Waals surface area contributed by atoms with Crippen molar-refractivity contribution in [2.24, 2.45) is 0 Å². The highest BCUT2D eigenvalue weighted by Crippen LogP contribution is 2.09. The highest BCUT2D eigenvalue weighted by atomic mass is 32.2. The molecule has 0 aliphatic heterocycles. The van der Waals surface area contributed by atoms with E-state index in [1.165, 1.54) is 11.8 Å². The fourth-order valence-corrected chi connectivity index (χ4v) is 1.49. The number of amides is 1. The molecule has 0 radical (unpaired) electrons. The number of nitrogens with zero attached hydrogens (tertiary/aromatic N) is 1. The summed E-state index contributed by atoms with van der Waals surface area (Å²) in [5.41, 5.74) is 0. The molecule has 0 saturated carbocycles. The third kappa shape index (κ3) is 6.86. The predicted octanol–water partition coefficient (Wildman–Crippen LogP) is 0.674. The van der Waals surface area contributed by atoms with Crippen molar-refractivity contribution in [3.63, 3.8) is 0 Å². The fourth-order valence-electron chi connectivity index (χ4n) is 0.835. The Morgan fingerprint density at radius 2 is 2.13 bits per heavy atom. The molecule has 0 atom stereocenters. The van der Waals surface area contributed by atoms with Gasteiger partial charge in [0.15, 0.2) is 0 Å². The number of carboxylic acid groups (broad SMARTS) is 1. The predicted molar refractivity (Wildman–Crippen MR) is 60.6 cm³/mol. The Hall–Kier alpha value is -1.15. The molecule has 0 aliphatic carbocycles. The van der Waals surface area contributed by atoms with E-state index in [4.69, 9.17) is 11.5 Å². The highest BCUT2D eigenvalue weighted by molar-refractivity contribution is 8.00. The van der Waals surface area contributed by atoms with Gasteiger partial charge in [-0.3, -0.25) is 9.59 Å². The van der Waals surface area contributed by atoms with Gasteiger partial charge in [-0.15, -0.1) is 18.2 Å². The average Bonchev–Trinajstić information content (AvgIpc) is 2.12. The largest absolute Gasteiger partial charge is 0.480 e. The molecule has 0 aliphatic rings. The van der Waals surface area contributed by atoms with Crippen molar-refractivity contribution in [3.05, 3.63) is 0 Å². The number of thioether (sulfide) groups is 1. The number of hydrogen-bond acceptors (Lipinski definition) is 3. The second-order valence-corrected chi connectivity index (χ2v) is 4.77. The summed E-state index contributed by atoms with van der Waals surface area (Å²) in [7, 11) is 0. The molecule has 1 amide bonds. The number of aliphatic carboxylic acids is 1. The van der Waals surface area contributed by atoms with Crippen LogP contribution in [0.15, 0.2) is 0 Å². The smallest absolute Gasteiger partial charge is 0.323 e. The van der Waals surface area contributed by atoms with Gasteiger partial charge in [0, 0.05) is 0 Å². The van der Waals surface area contributed by atoms with Gasteiger partial charge in [0.05, 0.1) is 12.3 Å². The number of carbonyl (C=O) groups excluding carboxylic acids is 1. The SMILES string of the molecule is C#CCN(CC(=O)O)C(=O)CSC(C)C. The van der Waals surface area contributed by atoms with Crippen molar-refractivity contribution >= 4 is 23.6 Å². The zero-order valence-electron chi connectivity index (χ0n) is 8.90. The third-order valence-corrected chi connectivity index (χ3v) is 2.58. The highest BCUT2D eigenvalue weighted by Gasteiger charge is 2.15. The number of rotatable bonds is 6. The van der Waals surface area contributed by atoms with Gasteiger partial charge in [-0.05, 0) is 5.25 Å². The minimum atomic E-state index is -1.05. The van der Waals surface area contributed by atoms with E-state index >= 15 is 0 Å². The maximum absolute atomic E-state index is 11.5. The van der Waals surface area contributed by atoms with Crippen LogP contribution in [0, 0.1) is 12.3 Å². The van der Waals surface area contributed by atoms with Crippen LogP contribution in [-0.4, -0.2) is 46.0 Å². The first-order valence-electron chi connectivity index (χ1n) is 4.52. The van der Waals surface area contributed by atoms with Gasteiger partial charge in [0.25, 0.3) is 0 Å². The Labute approximate surface area is 94.0 Å². The summed E-state index contributed by atoms with van der Waals surface area (Å²) in [5.74, 6) is 1.27. The summed E-state index contributed by atoms with van der Waals surface area (Å²) in [6.45, 7) is 3.66. The maximum Gasteiger partial charge on any atom is 0.323 e. The lowest BCUT2D eigenvalue weighted by molar-refractivity contribution is -0.143. The van der Waals surface area contributed by atoms with Crippen LogP contribution < -0.4 is 0 Å². The Kier molecular flexibility index (Phi) is 6.63. The number of carboxylic acids is 1. The monoisotopic (exact) mass is 229 g/mol. The van der Waals surface area contributed by atoms with Gasteiger partial charge >= 0.3 is 5.97 Å². The lowest BCUT2D eigenvalue weighted by Crippen LogP contribution is -2.37. The van der Waals surface area contributed by atoms with Gasteiger partial charge in [-0.2, -0.15) is 0 Å². The molecule has 0 rings (SSSR count). The van der Waals surface area contributed by atoms with E-state index < -0.39 is 5.97 Å². The standard InChI is InChI=1S/C10H15NO3S/c1-4-5-11(6-10(13)14)9(12)7-15-8(2)3/h1,8H,5-7H2,2-3H3,(H,13,14). The van der Waals surface area contributed by atoms with E-state index in [2.05, 4.69) is 5.92 Å². The summed E-state index contributed by atoms with van der Waals surface area (Å²) in [6, 6.07) is 0. The summed E-state index contributed by atoms with van der Waals surface area (Å²) < 4.78 is 0. The van der Waals surface area contributed by atoms with Crippen LogP contribution in [0.2, 0.25) is 0 Å². The summed E-state index contributed by atoms with van der Waals surface area (Å²) >= 11 is 1.47. The van der Waals surface area contributed by atoms with Crippen LogP contribution in [0.1, 0.15) is 13.8 Å². The summed E-state index contributed by atoms with van der Waals surface area (Å²) in [6.07, 6.45) is 5.06. The fraction of sp³-hybridized carbons (Fsp3) is 0.600. The zero-order valence-corrected chi connectivity index (χ0v) is 9.71. The van der Waals surface area contributed by atoms with Crippen LogP contribution in [-0.2, 0) is 9.59 Å². The molecule has 0 aromatic heterocycles. The van der Waals surface area contributed by atoms with Crippen molar-refractivity contribution in [1.29, 1.82) is 0 Å². The first-order chi connectivity index (χ1) is 6.97. The van der Waals surface area contributed by atoms with E-state index in [0.29, 0.717) is 5.25 Å². The Balaban J connectivity index is 4.17. The molecule has 84 valence electrons. The number of terminal acetylenes is 1. The minimum Gasteiger partial charge on any atom is -0.480 e. The van der Waals surface area contributed by atoms with Crippen molar-refractivity contribution in [1.82, 2.24) is 4.90 Å². The van der Waals surface area contributed by atoms with E-state index in [0.717, 1.165) is 4.90 Å². The number of carbonyl (C=O) groups is 2. The van der Waals surface area contributed by atoms with Crippen molar-refractivity contribution in [2.75, 3.05) is 18.8 Å². The molecule has 0 aromatic rings. The molecule has 5 heteroatoms. The lowest BCUT2D eigenvalue weighted by atomic mass is 10.4. The van der Waals surface area contributed by atoms with Gasteiger partial charge in [-0.25, -0.2) is 0 Å². The molecule has 15 heavy (non-hydrogen) atoms. The van der Waals surface area contributed by atoms with Crippen molar-refractivity contribution in [3.8, 4) is 12.3 Å². The van der Waals surface area contributed by atoms with Crippen LogP contribution >= 0.6 is 11.8 Å². The normalized spacial score (nSPS) is 9.73. The zero-order chi connectivity index (χ0) is 11.8. The Morgan fingerprint density at radius 3 is 2.53 bits per heavy atom. The minimum absolute atomic E-state index is 0.0454. The summed E-state index contributed by atoms with van der Waals surface area (Å²) in [5, 5.41) is 8.91. The Bertz CT molecular complexity index is 270. The molecule has 4 nitrogen and oxygen atoms in total. The Morgan fingerprint density at radius 1 is 1.53 bits per heavy atom. The topological polar surface area (TPSA) is 57.6 Å². The van der Waals surface area contributed by atoms with E-state index in [1.54, 1.807) is 0 Å². The van der Waals surface area contributed by atoms with Crippen LogP contribution in [0.25, 0.3) is 0 Å². The van der Waals surface area contributed by atoms with Crippen molar-refractivity contribution in [2.45, 2.75) is 19.1 Å². The van der Waals surface area contributed by atoms with Gasteiger partial charge in [0.2, 0.25) is 5.91 Å². The lowest BCUT2D eigenvalue weighted by Gasteiger charge is -2.18. The van der Waals surface area contributed by atoms with Gasteiger partial charge in [-0.1, -0.05) is 19.8 Å². The van der Waals surface area contributed by atoms with Gasteiger partial charge in [0.1, 0.15) is 6.54 Å². The average molecular weight is 229 g/mol. The second-order valence-electron chi connectivity index (χ2n) is 3.21.